The molecule has 3 N–H and O–H groups in total. The van der Waals surface area contributed by atoms with Gasteiger partial charge in [0, 0.05) is 12.2 Å². The molecule has 0 saturated heterocycles. The van der Waals surface area contributed by atoms with E-state index in [0.29, 0.717) is 11.0 Å². The van der Waals surface area contributed by atoms with Crippen LogP contribution in [0.3, 0.4) is 0 Å². The second-order valence-corrected chi connectivity index (χ2v) is 3.95. The van der Waals surface area contributed by atoms with Crippen LogP contribution in [0.25, 0.3) is 11.0 Å². The third-order valence-corrected chi connectivity index (χ3v) is 2.58. The summed E-state index contributed by atoms with van der Waals surface area (Å²) >= 11 is 0. The van der Waals surface area contributed by atoms with Crippen molar-refractivity contribution in [2.75, 3.05) is 11.9 Å². The number of anilines is 1. The summed E-state index contributed by atoms with van der Waals surface area (Å²) in [5.41, 5.74) is 0.966. The lowest BCUT2D eigenvalue weighted by Gasteiger charge is -2.06. The smallest absolute Gasteiger partial charge is 0.314 e. The molecule has 0 atom stereocenters. The molecule has 0 amide bonds. The molecular formula is C12H15N3O2. The van der Waals surface area contributed by atoms with Crippen molar-refractivity contribution in [1.82, 2.24) is 9.97 Å². The molecule has 0 spiro atoms. The highest BCUT2D eigenvalue weighted by atomic mass is 16.2. The molecule has 0 bridgehead atoms. The molecule has 2 rings (SSSR count). The zero-order valence-corrected chi connectivity index (χ0v) is 9.67. The van der Waals surface area contributed by atoms with Crippen LogP contribution < -0.4 is 16.4 Å². The van der Waals surface area contributed by atoms with Crippen molar-refractivity contribution in [2.45, 2.75) is 19.8 Å². The van der Waals surface area contributed by atoms with E-state index in [1.807, 2.05) is 12.1 Å². The number of H-pyrrole nitrogens is 2. The van der Waals surface area contributed by atoms with Crippen molar-refractivity contribution in [3.63, 3.8) is 0 Å². The minimum Gasteiger partial charge on any atom is -0.385 e. The Morgan fingerprint density at radius 3 is 2.53 bits per heavy atom. The highest BCUT2D eigenvalue weighted by Crippen LogP contribution is 2.13. The van der Waals surface area contributed by atoms with Gasteiger partial charge in [0.15, 0.2) is 0 Å². The van der Waals surface area contributed by atoms with E-state index in [4.69, 9.17) is 0 Å². The molecule has 0 aliphatic heterocycles. The molecule has 5 nitrogen and oxygen atoms in total. The van der Waals surface area contributed by atoms with E-state index in [1.165, 1.54) is 0 Å². The first-order valence-electron chi connectivity index (χ1n) is 5.71. The molecule has 0 aliphatic carbocycles. The van der Waals surface area contributed by atoms with Gasteiger partial charge in [0.1, 0.15) is 0 Å². The zero-order chi connectivity index (χ0) is 12.3. The quantitative estimate of drug-likeness (QED) is 0.552. The van der Waals surface area contributed by atoms with Gasteiger partial charge in [-0.05, 0) is 24.6 Å². The molecule has 2 aromatic rings. The van der Waals surface area contributed by atoms with Gasteiger partial charge in [-0.15, -0.1) is 0 Å². The third-order valence-electron chi connectivity index (χ3n) is 2.58. The summed E-state index contributed by atoms with van der Waals surface area (Å²) in [7, 11) is 0. The second-order valence-electron chi connectivity index (χ2n) is 3.95. The highest BCUT2D eigenvalue weighted by Gasteiger charge is 2.00. The summed E-state index contributed by atoms with van der Waals surface area (Å²) in [5.74, 6) is 0. The molecule has 0 fully saturated rings. The van der Waals surface area contributed by atoms with Crippen LogP contribution in [-0.4, -0.2) is 16.5 Å². The number of rotatable bonds is 4. The van der Waals surface area contributed by atoms with E-state index in [9.17, 15) is 9.59 Å². The topological polar surface area (TPSA) is 77.8 Å². The van der Waals surface area contributed by atoms with Crippen molar-refractivity contribution in [2.24, 2.45) is 0 Å². The number of aromatic amines is 2. The lowest BCUT2D eigenvalue weighted by molar-refractivity contribution is 0.834. The number of benzene rings is 1. The maximum Gasteiger partial charge on any atom is 0.314 e. The van der Waals surface area contributed by atoms with E-state index in [0.717, 1.165) is 25.1 Å². The van der Waals surface area contributed by atoms with Crippen molar-refractivity contribution in [1.29, 1.82) is 0 Å². The Balaban J connectivity index is 2.33. The molecule has 5 heteroatoms. The summed E-state index contributed by atoms with van der Waals surface area (Å²) in [6.07, 6.45) is 2.23. The van der Waals surface area contributed by atoms with Crippen LogP contribution >= 0.6 is 0 Å². The number of hydrogen-bond donors (Lipinski definition) is 3. The highest BCUT2D eigenvalue weighted by molar-refractivity contribution is 5.78. The molecule has 0 aliphatic rings. The van der Waals surface area contributed by atoms with Crippen molar-refractivity contribution in [3.8, 4) is 0 Å². The fourth-order valence-electron chi connectivity index (χ4n) is 1.63. The van der Waals surface area contributed by atoms with Gasteiger partial charge in [0.05, 0.1) is 11.0 Å². The van der Waals surface area contributed by atoms with Crippen LogP contribution in [0.1, 0.15) is 19.8 Å². The lowest BCUT2D eigenvalue weighted by Crippen LogP contribution is -2.28. The molecule has 0 radical (unpaired) electrons. The second kappa shape index (κ2) is 4.86. The van der Waals surface area contributed by atoms with E-state index in [2.05, 4.69) is 22.2 Å². The van der Waals surface area contributed by atoms with Gasteiger partial charge in [-0.25, -0.2) is 0 Å². The summed E-state index contributed by atoms with van der Waals surface area (Å²) < 4.78 is 0. The predicted octanol–water partition coefficient (Wildman–Crippen LogP) is 1.43. The van der Waals surface area contributed by atoms with Crippen molar-refractivity contribution in [3.05, 3.63) is 38.9 Å². The Morgan fingerprint density at radius 1 is 1.12 bits per heavy atom. The van der Waals surface area contributed by atoms with Gasteiger partial charge in [0.2, 0.25) is 0 Å². The average Bonchev–Trinajstić information content (AvgIpc) is 2.31. The van der Waals surface area contributed by atoms with Crippen LogP contribution in [0.4, 0.5) is 5.69 Å². The van der Waals surface area contributed by atoms with Crippen molar-refractivity contribution < 1.29 is 0 Å². The van der Waals surface area contributed by atoms with Crippen LogP contribution in [-0.2, 0) is 0 Å². The molecule has 1 aromatic heterocycles. The summed E-state index contributed by atoms with van der Waals surface area (Å²) in [5, 5.41) is 3.26. The van der Waals surface area contributed by atoms with E-state index >= 15 is 0 Å². The normalized spacial score (nSPS) is 10.6. The number of unbranched alkanes of at least 4 members (excludes halogenated alkanes) is 1. The lowest BCUT2D eigenvalue weighted by atomic mass is 10.2. The van der Waals surface area contributed by atoms with E-state index in [-0.39, 0.29) is 0 Å². The number of fused-ring (bicyclic) bond motifs is 1. The van der Waals surface area contributed by atoms with Gasteiger partial charge >= 0.3 is 11.1 Å². The Bertz CT molecular complexity index is 627. The maximum atomic E-state index is 11.2. The van der Waals surface area contributed by atoms with Crippen LogP contribution in [0.15, 0.2) is 27.8 Å². The number of hydrogen-bond acceptors (Lipinski definition) is 3. The molecule has 90 valence electrons. The first-order valence-corrected chi connectivity index (χ1v) is 5.71. The largest absolute Gasteiger partial charge is 0.385 e. The fraction of sp³-hybridized carbons (Fsp3) is 0.333. The van der Waals surface area contributed by atoms with E-state index < -0.39 is 11.1 Å². The number of aromatic nitrogens is 2. The SMILES string of the molecule is CCCCNc1ccc2[nH]c(=O)c(=O)[nH]c2c1. The molecular weight excluding hydrogens is 218 g/mol. The molecule has 1 aromatic carbocycles. The fourth-order valence-corrected chi connectivity index (χ4v) is 1.63. The predicted molar refractivity (Wildman–Crippen MR) is 68.6 cm³/mol. The van der Waals surface area contributed by atoms with E-state index in [1.54, 1.807) is 6.07 Å². The minimum absolute atomic E-state index is 0.621. The molecule has 0 saturated carbocycles. The van der Waals surface area contributed by atoms with Crippen LogP contribution in [0, 0.1) is 0 Å². The summed E-state index contributed by atoms with van der Waals surface area (Å²) in [6, 6.07) is 5.48. The van der Waals surface area contributed by atoms with Crippen molar-refractivity contribution >= 4 is 16.7 Å². The molecule has 0 unspecified atom stereocenters. The van der Waals surface area contributed by atoms with Gasteiger partial charge in [-0.2, -0.15) is 0 Å². The van der Waals surface area contributed by atoms with Crippen LogP contribution in [0.2, 0.25) is 0 Å². The third kappa shape index (κ3) is 2.55. The Kier molecular flexibility index (Phi) is 3.27. The van der Waals surface area contributed by atoms with Gasteiger partial charge in [-0.3, -0.25) is 9.59 Å². The first kappa shape index (κ1) is 11.4. The van der Waals surface area contributed by atoms with Crippen LogP contribution in [0.5, 0.6) is 0 Å². The van der Waals surface area contributed by atoms with Gasteiger partial charge in [-0.1, -0.05) is 13.3 Å². The Hall–Kier alpha value is -2.04. The standard InChI is InChI=1S/C12H15N3O2/c1-2-3-6-13-8-4-5-9-10(7-8)15-12(17)11(16)14-9/h4-5,7,13H,2-3,6H2,1H3,(H,14,16)(H,15,17). The monoisotopic (exact) mass is 233 g/mol. The maximum absolute atomic E-state index is 11.2. The Labute approximate surface area is 97.9 Å². The first-order chi connectivity index (χ1) is 8.20. The van der Waals surface area contributed by atoms with Gasteiger partial charge in [0.25, 0.3) is 0 Å². The number of nitrogens with one attached hydrogen (secondary N) is 3. The minimum atomic E-state index is -0.622. The van der Waals surface area contributed by atoms with Gasteiger partial charge < -0.3 is 15.3 Å². The summed E-state index contributed by atoms with van der Waals surface area (Å²) in [6.45, 7) is 3.03. The molecule has 1 heterocycles. The Morgan fingerprint density at radius 2 is 1.82 bits per heavy atom. The average molecular weight is 233 g/mol. The molecule has 17 heavy (non-hydrogen) atoms. The zero-order valence-electron chi connectivity index (χ0n) is 9.67. The summed E-state index contributed by atoms with van der Waals surface area (Å²) in [4.78, 5) is 27.4.